The first-order valence-corrected chi connectivity index (χ1v) is 10.7. The molecule has 7 nitrogen and oxygen atoms in total. The van der Waals surface area contributed by atoms with E-state index < -0.39 is 0 Å². The van der Waals surface area contributed by atoms with Crippen molar-refractivity contribution in [1.82, 2.24) is 9.80 Å². The van der Waals surface area contributed by atoms with E-state index in [0.29, 0.717) is 55.8 Å². The first kappa shape index (κ1) is 21.3. The number of carbonyl (C=O) groups is 2. The highest BCUT2D eigenvalue weighted by Gasteiger charge is 2.30. The van der Waals surface area contributed by atoms with Gasteiger partial charge in [0.1, 0.15) is 18.2 Å². The molecule has 0 spiro atoms. The molecule has 1 fully saturated rings. The van der Waals surface area contributed by atoms with Gasteiger partial charge in [-0.05, 0) is 48.9 Å². The third kappa shape index (κ3) is 5.24. The Hall–Kier alpha value is -2.90. The van der Waals surface area contributed by atoms with E-state index in [1.54, 1.807) is 12.1 Å². The van der Waals surface area contributed by atoms with Gasteiger partial charge in [0.25, 0.3) is 5.91 Å². The van der Waals surface area contributed by atoms with E-state index in [1.807, 2.05) is 48.2 Å². The molecule has 2 aliphatic rings. The zero-order valence-electron chi connectivity index (χ0n) is 17.5. The second-order valence-electron chi connectivity index (χ2n) is 7.73. The average molecular weight is 441 g/mol. The first-order valence-electron chi connectivity index (χ1n) is 10.4. The van der Waals surface area contributed by atoms with Crippen molar-refractivity contribution in [2.45, 2.75) is 19.8 Å². The van der Waals surface area contributed by atoms with Crippen LogP contribution in [0.3, 0.4) is 0 Å². The summed E-state index contributed by atoms with van der Waals surface area (Å²) in [5.41, 5.74) is 2.17. The van der Waals surface area contributed by atoms with Gasteiger partial charge in [-0.15, -0.1) is 0 Å². The summed E-state index contributed by atoms with van der Waals surface area (Å²) in [6, 6.07) is 14.8. The highest BCUT2D eigenvalue weighted by Crippen LogP contribution is 2.22. The second kappa shape index (κ2) is 9.49. The molecular formula is C23H25ClN4O3. The van der Waals surface area contributed by atoms with Gasteiger partial charge in [-0.1, -0.05) is 23.7 Å². The second-order valence-corrected chi connectivity index (χ2v) is 8.17. The number of halogens is 1. The zero-order valence-corrected chi connectivity index (χ0v) is 18.2. The summed E-state index contributed by atoms with van der Waals surface area (Å²) in [6.45, 7) is 5.05. The minimum absolute atomic E-state index is 0.0914. The lowest BCUT2D eigenvalue weighted by atomic mass is 10.1. The maximum absolute atomic E-state index is 13.0. The molecule has 31 heavy (non-hydrogen) atoms. The maximum Gasteiger partial charge on any atom is 0.270 e. The number of ether oxygens (including phenoxy) is 1. The van der Waals surface area contributed by atoms with Crippen LogP contribution in [0.15, 0.2) is 53.6 Å². The first-order chi connectivity index (χ1) is 15.0. The quantitative estimate of drug-likeness (QED) is 0.715. The Morgan fingerprint density at radius 3 is 2.52 bits per heavy atom. The third-order valence-electron chi connectivity index (χ3n) is 5.41. The molecule has 162 valence electrons. The van der Waals surface area contributed by atoms with Gasteiger partial charge < -0.3 is 9.64 Å². The molecule has 2 aliphatic heterocycles. The Kier molecular flexibility index (Phi) is 6.53. The molecule has 0 unspecified atom stereocenters. The van der Waals surface area contributed by atoms with Crippen LogP contribution in [0.1, 0.15) is 18.4 Å². The molecule has 0 saturated carbocycles. The Balaban J connectivity index is 1.34. The molecule has 0 aromatic heterocycles. The van der Waals surface area contributed by atoms with Crippen LogP contribution in [0.2, 0.25) is 5.02 Å². The van der Waals surface area contributed by atoms with Gasteiger partial charge in [0.15, 0.2) is 0 Å². The molecule has 2 aromatic rings. The summed E-state index contributed by atoms with van der Waals surface area (Å²) in [4.78, 5) is 29.3. The van der Waals surface area contributed by atoms with E-state index in [-0.39, 0.29) is 18.2 Å². The molecule has 0 aliphatic carbocycles. The van der Waals surface area contributed by atoms with Crippen molar-refractivity contribution in [2.75, 3.05) is 37.9 Å². The smallest absolute Gasteiger partial charge is 0.270 e. The number of hydrogen-bond acceptors (Lipinski definition) is 5. The molecule has 0 N–H and O–H groups in total. The zero-order chi connectivity index (χ0) is 21.8. The topological polar surface area (TPSA) is 65.5 Å². The monoisotopic (exact) mass is 440 g/mol. The van der Waals surface area contributed by atoms with Gasteiger partial charge in [-0.2, -0.15) is 5.10 Å². The van der Waals surface area contributed by atoms with Crippen LogP contribution < -0.4 is 9.75 Å². The highest BCUT2D eigenvalue weighted by atomic mass is 35.5. The van der Waals surface area contributed by atoms with Crippen molar-refractivity contribution < 1.29 is 14.3 Å². The minimum Gasteiger partial charge on any atom is -0.478 e. The molecule has 0 radical (unpaired) electrons. The van der Waals surface area contributed by atoms with Crippen LogP contribution in [-0.2, 0) is 9.59 Å². The predicted octanol–water partition coefficient (Wildman–Crippen LogP) is 3.31. The van der Waals surface area contributed by atoms with Crippen molar-refractivity contribution >= 4 is 34.8 Å². The normalized spacial score (nSPS) is 17.5. The fraction of sp³-hybridized carbons (Fsp3) is 0.348. The molecule has 1 saturated heterocycles. The Morgan fingerprint density at radius 2 is 1.81 bits per heavy atom. The summed E-state index contributed by atoms with van der Waals surface area (Å²) in [7, 11) is 0. The fourth-order valence-corrected chi connectivity index (χ4v) is 3.75. The maximum atomic E-state index is 13.0. The molecule has 2 aromatic carbocycles. The Labute approximate surface area is 186 Å². The van der Waals surface area contributed by atoms with Gasteiger partial charge in [0, 0.05) is 44.0 Å². The number of nitrogens with zero attached hydrogens (tertiary/aromatic N) is 4. The van der Waals surface area contributed by atoms with E-state index in [9.17, 15) is 9.59 Å². The fourth-order valence-electron chi connectivity index (χ4n) is 3.63. The number of amides is 2. The molecular weight excluding hydrogens is 416 g/mol. The Bertz CT molecular complexity index is 985. The molecule has 0 bridgehead atoms. The minimum atomic E-state index is -0.0941. The molecule has 4 rings (SSSR count). The number of aryl methyl sites for hydroxylation is 1. The molecule has 0 atom stereocenters. The SMILES string of the molecule is Cc1cccc(N2N=C(C(=O)N3CCN(COc4ccc(Cl)cc4)CC3)CCC2=O)c1. The van der Waals surface area contributed by atoms with Crippen molar-refractivity contribution in [3.63, 3.8) is 0 Å². The average Bonchev–Trinajstić information content (AvgIpc) is 2.79. The van der Waals surface area contributed by atoms with Crippen LogP contribution in [0.5, 0.6) is 5.75 Å². The van der Waals surface area contributed by atoms with Gasteiger partial charge in [-0.3, -0.25) is 14.5 Å². The summed E-state index contributed by atoms with van der Waals surface area (Å²) in [5.74, 6) is 0.579. The van der Waals surface area contributed by atoms with E-state index in [4.69, 9.17) is 16.3 Å². The van der Waals surface area contributed by atoms with E-state index in [1.165, 1.54) is 5.01 Å². The van der Waals surface area contributed by atoms with E-state index in [0.717, 1.165) is 11.3 Å². The third-order valence-corrected chi connectivity index (χ3v) is 5.66. The Morgan fingerprint density at radius 1 is 1.06 bits per heavy atom. The number of piperazine rings is 1. The van der Waals surface area contributed by atoms with Crippen molar-refractivity contribution in [1.29, 1.82) is 0 Å². The van der Waals surface area contributed by atoms with Gasteiger partial charge >= 0.3 is 0 Å². The summed E-state index contributed by atoms with van der Waals surface area (Å²) in [5, 5.41) is 6.45. The summed E-state index contributed by atoms with van der Waals surface area (Å²) >= 11 is 5.89. The summed E-state index contributed by atoms with van der Waals surface area (Å²) in [6.07, 6.45) is 0.660. The van der Waals surface area contributed by atoms with Crippen LogP contribution in [0, 0.1) is 6.92 Å². The largest absolute Gasteiger partial charge is 0.478 e. The van der Waals surface area contributed by atoms with Gasteiger partial charge in [0.05, 0.1) is 5.69 Å². The van der Waals surface area contributed by atoms with Crippen LogP contribution in [0.4, 0.5) is 5.69 Å². The van der Waals surface area contributed by atoms with Crippen molar-refractivity contribution in [3.05, 3.63) is 59.1 Å². The van der Waals surface area contributed by atoms with E-state index >= 15 is 0 Å². The lowest BCUT2D eigenvalue weighted by Gasteiger charge is -2.35. The number of anilines is 1. The predicted molar refractivity (Wildman–Crippen MR) is 120 cm³/mol. The molecule has 8 heteroatoms. The van der Waals surface area contributed by atoms with Gasteiger partial charge in [-0.25, -0.2) is 5.01 Å². The number of hydrogen-bond donors (Lipinski definition) is 0. The lowest BCUT2D eigenvalue weighted by molar-refractivity contribution is -0.126. The number of benzene rings is 2. The molecule has 2 amide bonds. The molecule has 2 heterocycles. The number of carbonyl (C=O) groups excluding carboxylic acids is 2. The van der Waals surface area contributed by atoms with E-state index in [2.05, 4.69) is 10.0 Å². The van der Waals surface area contributed by atoms with Crippen molar-refractivity contribution in [3.8, 4) is 5.75 Å². The van der Waals surface area contributed by atoms with Crippen LogP contribution >= 0.6 is 11.6 Å². The van der Waals surface area contributed by atoms with Crippen molar-refractivity contribution in [2.24, 2.45) is 5.10 Å². The standard InChI is InChI=1S/C23H25ClN4O3/c1-17-3-2-4-19(15-17)28-22(29)10-9-21(25-28)23(30)27-13-11-26(12-14-27)16-31-20-7-5-18(24)6-8-20/h2-8,15H,9-14,16H2,1H3. The number of rotatable bonds is 5. The van der Waals surface area contributed by atoms with Crippen LogP contribution in [-0.4, -0.2) is 60.2 Å². The summed E-state index contributed by atoms with van der Waals surface area (Å²) < 4.78 is 5.79. The lowest BCUT2D eigenvalue weighted by Crippen LogP contribution is -2.52. The van der Waals surface area contributed by atoms with Crippen LogP contribution in [0.25, 0.3) is 0 Å². The van der Waals surface area contributed by atoms with Gasteiger partial charge in [0.2, 0.25) is 5.91 Å². The number of hydrazone groups is 1. The highest BCUT2D eigenvalue weighted by molar-refractivity contribution is 6.40.